The van der Waals surface area contributed by atoms with Crippen LogP contribution in [0.4, 0.5) is 5.82 Å². The first-order chi connectivity index (χ1) is 9.24. The molecule has 1 aromatic carbocycles. The van der Waals surface area contributed by atoms with Gasteiger partial charge in [-0.3, -0.25) is 0 Å². The summed E-state index contributed by atoms with van der Waals surface area (Å²) in [6.45, 7) is 0. The number of furan rings is 1. The summed E-state index contributed by atoms with van der Waals surface area (Å²) in [7, 11) is 0. The van der Waals surface area contributed by atoms with Crippen molar-refractivity contribution < 1.29 is 13.9 Å². The zero-order valence-corrected chi connectivity index (χ0v) is 9.87. The van der Waals surface area contributed by atoms with Crippen LogP contribution in [0, 0.1) is 0 Å². The van der Waals surface area contributed by atoms with Gasteiger partial charge >= 0.3 is 5.97 Å². The van der Waals surface area contributed by atoms with Gasteiger partial charge in [0, 0.05) is 5.39 Å². The Morgan fingerprint density at radius 2 is 2.05 bits per heavy atom. The molecule has 0 saturated carbocycles. The number of nitrogens with two attached hydrogens (primary N) is 1. The third-order valence-electron chi connectivity index (χ3n) is 2.63. The van der Waals surface area contributed by atoms with E-state index >= 15 is 0 Å². The molecule has 0 aliphatic rings. The van der Waals surface area contributed by atoms with E-state index < -0.39 is 5.97 Å². The molecule has 0 saturated heterocycles. The molecule has 0 spiro atoms. The molecule has 0 bridgehead atoms. The van der Waals surface area contributed by atoms with E-state index in [1.54, 1.807) is 24.3 Å². The van der Waals surface area contributed by atoms with Crippen molar-refractivity contribution in [3.05, 3.63) is 54.5 Å². The molecule has 2 N–H and O–H groups in total. The highest BCUT2D eigenvalue weighted by molar-refractivity contribution is 5.92. The van der Waals surface area contributed by atoms with Gasteiger partial charge in [-0.1, -0.05) is 12.1 Å². The van der Waals surface area contributed by atoms with E-state index in [2.05, 4.69) is 4.98 Å². The average Bonchev–Trinajstić information content (AvgIpc) is 2.93. The normalized spacial score (nSPS) is 10.5. The third kappa shape index (κ3) is 2.13. The fraction of sp³-hybridized carbons (Fsp3) is 0. The van der Waals surface area contributed by atoms with E-state index in [1.165, 1.54) is 12.3 Å². The lowest BCUT2D eigenvalue weighted by Gasteiger charge is -2.06. The van der Waals surface area contributed by atoms with Crippen molar-refractivity contribution in [1.82, 2.24) is 4.98 Å². The molecule has 0 unspecified atom stereocenters. The lowest BCUT2D eigenvalue weighted by Crippen LogP contribution is -2.07. The van der Waals surface area contributed by atoms with E-state index in [0.29, 0.717) is 17.1 Å². The summed E-state index contributed by atoms with van der Waals surface area (Å²) in [5, 5.41) is 0.846. The van der Waals surface area contributed by atoms with Crippen molar-refractivity contribution >= 4 is 22.7 Å². The Kier molecular flexibility index (Phi) is 2.64. The SMILES string of the molecule is Nc1ccc2cccc(OC(=O)c3ccco3)c2n1. The third-order valence-corrected chi connectivity index (χ3v) is 2.63. The van der Waals surface area contributed by atoms with Crippen LogP contribution in [-0.4, -0.2) is 11.0 Å². The first-order valence-corrected chi connectivity index (χ1v) is 5.65. The molecule has 5 heteroatoms. The van der Waals surface area contributed by atoms with Crippen LogP contribution in [0.5, 0.6) is 5.75 Å². The highest BCUT2D eigenvalue weighted by Crippen LogP contribution is 2.25. The van der Waals surface area contributed by atoms with Crippen molar-refractivity contribution in [2.45, 2.75) is 0 Å². The van der Waals surface area contributed by atoms with Gasteiger partial charge in [-0.25, -0.2) is 9.78 Å². The lowest BCUT2D eigenvalue weighted by molar-refractivity contribution is 0.0703. The molecule has 0 amide bonds. The fourth-order valence-electron chi connectivity index (χ4n) is 1.76. The topological polar surface area (TPSA) is 78.4 Å². The summed E-state index contributed by atoms with van der Waals surface area (Å²) in [6, 6.07) is 12.0. The minimum Gasteiger partial charge on any atom is -0.457 e. The second-order valence-electron chi connectivity index (χ2n) is 3.93. The second-order valence-corrected chi connectivity index (χ2v) is 3.93. The maximum absolute atomic E-state index is 11.8. The van der Waals surface area contributed by atoms with Gasteiger partial charge in [-0.2, -0.15) is 0 Å². The van der Waals surface area contributed by atoms with Gasteiger partial charge in [-0.15, -0.1) is 0 Å². The first kappa shape index (κ1) is 11.3. The van der Waals surface area contributed by atoms with Gasteiger partial charge in [0.25, 0.3) is 0 Å². The molecule has 0 aliphatic carbocycles. The van der Waals surface area contributed by atoms with Crippen molar-refractivity contribution in [3.63, 3.8) is 0 Å². The van der Waals surface area contributed by atoms with Gasteiger partial charge in [-0.05, 0) is 30.3 Å². The number of anilines is 1. The van der Waals surface area contributed by atoms with Crippen LogP contribution in [-0.2, 0) is 0 Å². The zero-order chi connectivity index (χ0) is 13.2. The largest absolute Gasteiger partial charge is 0.457 e. The number of fused-ring (bicyclic) bond motifs is 1. The number of para-hydroxylation sites is 1. The van der Waals surface area contributed by atoms with E-state index in [0.717, 1.165) is 5.39 Å². The summed E-state index contributed by atoms with van der Waals surface area (Å²) in [6.07, 6.45) is 1.41. The molecule has 0 radical (unpaired) electrons. The molecule has 19 heavy (non-hydrogen) atoms. The van der Waals surface area contributed by atoms with Crippen LogP contribution >= 0.6 is 0 Å². The molecule has 0 atom stereocenters. The highest BCUT2D eigenvalue weighted by Gasteiger charge is 2.13. The molecule has 2 heterocycles. The maximum atomic E-state index is 11.8. The minimum atomic E-state index is -0.568. The van der Waals surface area contributed by atoms with Crippen LogP contribution in [0.3, 0.4) is 0 Å². The number of hydrogen-bond acceptors (Lipinski definition) is 5. The highest BCUT2D eigenvalue weighted by atomic mass is 16.5. The summed E-state index contributed by atoms with van der Waals surface area (Å²) >= 11 is 0. The van der Waals surface area contributed by atoms with E-state index in [9.17, 15) is 4.79 Å². The summed E-state index contributed by atoms with van der Waals surface area (Å²) in [5.41, 5.74) is 6.19. The Labute approximate surface area is 108 Å². The number of benzene rings is 1. The maximum Gasteiger partial charge on any atom is 0.379 e. The number of aromatic nitrogens is 1. The summed E-state index contributed by atoms with van der Waals surface area (Å²) in [4.78, 5) is 16.0. The smallest absolute Gasteiger partial charge is 0.379 e. The molecular weight excluding hydrogens is 244 g/mol. The number of rotatable bonds is 2. The predicted octanol–water partition coefficient (Wildman–Crippen LogP) is 2.63. The minimum absolute atomic E-state index is 0.140. The van der Waals surface area contributed by atoms with Crippen LogP contribution in [0.1, 0.15) is 10.6 Å². The molecule has 3 rings (SSSR count). The molecule has 94 valence electrons. The molecule has 5 nitrogen and oxygen atoms in total. The number of esters is 1. The Morgan fingerprint density at radius 1 is 1.16 bits per heavy atom. The van der Waals surface area contributed by atoms with Gasteiger partial charge in [0.15, 0.2) is 5.75 Å². The summed E-state index contributed by atoms with van der Waals surface area (Å²) in [5.74, 6) is 0.294. The molecule has 3 aromatic rings. The molecular formula is C14H10N2O3. The van der Waals surface area contributed by atoms with Crippen LogP contribution in [0.25, 0.3) is 10.9 Å². The van der Waals surface area contributed by atoms with Gasteiger partial charge < -0.3 is 14.9 Å². The number of nitrogen functional groups attached to an aromatic ring is 1. The Hall–Kier alpha value is -2.82. The van der Waals surface area contributed by atoms with E-state index in [-0.39, 0.29) is 5.76 Å². The van der Waals surface area contributed by atoms with Gasteiger partial charge in [0.05, 0.1) is 6.26 Å². The monoisotopic (exact) mass is 254 g/mol. The lowest BCUT2D eigenvalue weighted by atomic mass is 10.2. The Morgan fingerprint density at radius 3 is 2.84 bits per heavy atom. The van der Waals surface area contributed by atoms with Crippen molar-refractivity contribution in [3.8, 4) is 5.75 Å². The number of carbonyl (C=O) groups excluding carboxylic acids is 1. The van der Waals surface area contributed by atoms with Crippen LogP contribution in [0.15, 0.2) is 53.1 Å². The van der Waals surface area contributed by atoms with Gasteiger partial charge in [0.2, 0.25) is 5.76 Å². The predicted molar refractivity (Wildman–Crippen MR) is 69.8 cm³/mol. The number of hydrogen-bond donors (Lipinski definition) is 1. The number of pyridine rings is 1. The molecule has 2 aromatic heterocycles. The number of nitrogens with zero attached hydrogens (tertiary/aromatic N) is 1. The second kappa shape index (κ2) is 4.45. The summed E-state index contributed by atoms with van der Waals surface area (Å²) < 4.78 is 10.3. The molecule has 0 aliphatic heterocycles. The Balaban J connectivity index is 2.01. The Bertz CT molecular complexity index is 736. The zero-order valence-electron chi connectivity index (χ0n) is 9.87. The van der Waals surface area contributed by atoms with Crippen molar-refractivity contribution in [2.75, 3.05) is 5.73 Å². The number of carbonyl (C=O) groups is 1. The van der Waals surface area contributed by atoms with Crippen molar-refractivity contribution in [2.24, 2.45) is 0 Å². The van der Waals surface area contributed by atoms with Crippen LogP contribution in [0.2, 0.25) is 0 Å². The average molecular weight is 254 g/mol. The fourth-order valence-corrected chi connectivity index (χ4v) is 1.76. The van der Waals surface area contributed by atoms with Crippen LogP contribution < -0.4 is 10.5 Å². The van der Waals surface area contributed by atoms with Crippen molar-refractivity contribution in [1.29, 1.82) is 0 Å². The quantitative estimate of drug-likeness (QED) is 0.561. The van der Waals surface area contributed by atoms with E-state index in [4.69, 9.17) is 14.9 Å². The number of ether oxygens (including phenoxy) is 1. The first-order valence-electron chi connectivity index (χ1n) is 5.65. The van der Waals surface area contributed by atoms with Gasteiger partial charge in [0.1, 0.15) is 11.3 Å². The molecule has 0 fully saturated rings. The standard InChI is InChI=1S/C14H10N2O3/c15-12-7-6-9-3-1-4-10(13(9)16-12)19-14(17)11-5-2-8-18-11/h1-8H,(H2,15,16). The van der Waals surface area contributed by atoms with E-state index in [1.807, 2.05) is 12.1 Å².